The lowest BCUT2D eigenvalue weighted by molar-refractivity contribution is -0.151. The summed E-state index contributed by atoms with van der Waals surface area (Å²) in [5, 5.41) is 4.57. The van der Waals surface area contributed by atoms with E-state index in [0.717, 1.165) is 46.7 Å². The first-order valence-electron chi connectivity index (χ1n) is 10.6. The van der Waals surface area contributed by atoms with Crippen molar-refractivity contribution in [2.75, 3.05) is 20.2 Å². The predicted octanol–water partition coefficient (Wildman–Crippen LogP) is 3.52. The third-order valence-corrected chi connectivity index (χ3v) is 7.67. The third-order valence-electron chi connectivity index (χ3n) is 6.21. The van der Waals surface area contributed by atoms with Crippen LogP contribution in [0.4, 0.5) is 0 Å². The molecule has 1 aromatic carbocycles. The van der Waals surface area contributed by atoms with E-state index in [1.54, 1.807) is 0 Å². The molecule has 7 heteroatoms. The number of hydrogen-bond acceptors (Lipinski definition) is 5. The fourth-order valence-electron chi connectivity index (χ4n) is 4.47. The van der Waals surface area contributed by atoms with Crippen LogP contribution in [0.2, 0.25) is 0 Å². The van der Waals surface area contributed by atoms with Crippen molar-refractivity contribution in [3.05, 3.63) is 52.9 Å². The molecule has 2 aliphatic rings. The molecule has 1 aliphatic heterocycles. The van der Waals surface area contributed by atoms with Gasteiger partial charge in [0.15, 0.2) is 4.90 Å². The van der Waals surface area contributed by atoms with Gasteiger partial charge in [0.1, 0.15) is 5.41 Å². The molecule has 0 radical (unpaired) electrons. The zero-order chi connectivity index (χ0) is 21.3. The number of rotatable bonds is 6. The Kier molecular flexibility index (Phi) is 6.04. The van der Waals surface area contributed by atoms with Crippen molar-refractivity contribution in [1.82, 2.24) is 14.1 Å². The van der Waals surface area contributed by atoms with Gasteiger partial charge in [-0.15, -0.1) is 4.31 Å². The number of nitrogens with zero attached hydrogens (tertiary/aromatic N) is 3. The Bertz CT molecular complexity index is 953. The van der Waals surface area contributed by atoms with Crippen molar-refractivity contribution >= 4 is 23.4 Å². The highest BCUT2D eigenvalue weighted by atomic mass is 32.2. The molecule has 1 saturated heterocycles. The van der Waals surface area contributed by atoms with E-state index in [0.29, 0.717) is 25.9 Å². The largest absolute Gasteiger partial charge is 0.593 e. The van der Waals surface area contributed by atoms with Gasteiger partial charge in [0, 0.05) is 13.1 Å². The van der Waals surface area contributed by atoms with Crippen LogP contribution in [0.5, 0.6) is 0 Å². The molecule has 0 N–H and O–H groups in total. The van der Waals surface area contributed by atoms with Gasteiger partial charge in [0.25, 0.3) is 0 Å². The molecule has 2 aromatic rings. The van der Waals surface area contributed by atoms with Crippen molar-refractivity contribution in [1.29, 1.82) is 0 Å². The van der Waals surface area contributed by atoms with Crippen molar-refractivity contribution in [3.8, 4) is 0 Å². The number of ether oxygens (including phenoxy) is 1. The highest BCUT2D eigenvalue weighted by Crippen LogP contribution is 2.45. The number of benzene rings is 1. The first-order chi connectivity index (χ1) is 14.5. The maximum absolute atomic E-state index is 13.3. The number of aryl methyl sites for hydroxylation is 2. The number of methoxy groups -OCH3 is 1. The minimum atomic E-state index is -1.32. The first-order valence-corrected chi connectivity index (χ1v) is 11.7. The van der Waals surface area contributed by atoms with Gasteiger partial charge < -0.3 is 9.29 Å². The fraction of sp³-hybridized carbons (Fsp3) is 0.478. The average Bonchev–Trinajstić information content (AvgIpc) is 3.16. The van der Waals surface area contributed by atoms with Gasteiger partial charge in [-0.05, 0) is 55.5 Å². The van der Waals surface area contributed by atoms with Crippen LogP contribution in [0.1, 0.15) is 43.0 Å². The number of piperidine rings is 1. The van der Waals surface area contributed by atoms with Crippen molar-refractivity contribution in [2.45, 2.75) is 51.0 Å². The molecule has 0 unspecified atom stereocenters. The molecule has 1 aliphatic carbocycles. The molecule has 1 aromatic heterocycles. The van der Waals surface area contributed by atoms with Gasteiger partial charge in [0.2, 0.25) is 0 Å². The molecule has 0 bridgehead atoms. The van der Waals surface area contributed by atoms with Crippen molar-refractivity contribution in [2.24, 2.45) is 5.41 Å². The van der Waals surface area contributed by atoms with Crippen LogP contribution in [0, 0.1) is 12.3 Å². The molecule has 160 valence electrons. The lowest BCUT2D eigenvalue weighted by Gasteiger charge is -2.43. The highest BCUT2D eigenvalue weighted by molar-refractivity contribution is 7.89. The molecule has 2 heterocycles. The molecule has 2 atom stereocenters. The Morgan fingerprint density at radius 1 is 1.33 bits per heavy atom. The summed E-state index contributed by atoms with van der Waals surface area (Å²) < 4.78 is 22.5. The minimum absolute atomic E-state index is 0.258. The van der Waals surface area contributed by atoms with Crippen molar-refractivity contribution < 1.29 is 14.1 Å². The minimum Gasteiger partial charge on any atom is -0.593 e. The van der Waals surface area contributed by atoms with E-state index in [2.05, 4.69) is 18.1 Å². The third kappa shape index (κ3) is 3.70. The fourth-order valence-corrected chi connectivity index (χ4v) is 5.73. The zero-order valence-electron chi connectivity index (χ0n) is 17.9. The second kappa shape index (κ2) is 8.57. The molecule has 4 rings (SSSR count). The van der Waals surface area contributed by atoms with Crippen LogP contribution >= 0.6 is 0 Å². The van der Waals surface area contributed by atoms with E-state index in [1.807, 2.05) is 46.4 Å². The summed E-state index contributed by atoms with van der Waals surface area (Å²) in [5.41, 5.74) is 3.55. The Labute approximate surface area is 181 Å². The molecular weight excluding hydrogens is 398 g/mol. The number of aromatic nitrogens is 2. The van der Waals surface area contributed by atoms with Gasteiger partial charge in [-0.3, -0.25) is 9.48 Å². The van der Waals surface area contributed by atoms with E-state index >= 15 is 0 Å². The van der Waals surface area contributed by atoms with E-state index in [4.69, 9.17) is 4.74 Å². The maximum atomic E-state index is 13.3. The van der Waals surface area contributed by atoms with Crippen LogP contribution < -0.4 is 0 Å². The number of hydrogen-bond donors (Lipinski definition) is 0. The zero-order valence-corrected chi connectivity index (χ0v) is 18.7. The van der Waals surface area contributed by atoms with E-state index in [9.17, 15) is 9.35 Å². The Hall–Kier alpha value is -2.09. The van der Waals surface area contributed by atoms with Gasteiger partial charge >= 0.3 is 5.97 Å². The number of unbranched alkanes of at least 4 members (excludes halogenated alkanes) is 1. The summed E-state index contributed by atoms with van der Waals surface area (Å²) in [6.45, 7) is 6.08. The van der Waals surface area contributed by atoms with Gasteiger partial charge in [-0.2, -0.15) is 5.10 Å². The number of fused-ring (bicyclic) bond motifs is 2. The quantitative estimate of drug-likeness (QED) is 0.521. The molecule has 0 amide bonds. The second-order valence-corrected chi connectivity index (χ2v) is 9.71. The van der Waals surface area contributed by atoms with Gasteiger partial charge in [-0.25, -0.2) is 0 Å². The van der Waals surface area contributed by atoms with Crippen LogP contribution in [0.3, 0.4) is 0 Å². The molecule has 6 nitrogen and oxygen atoms in total. The van der Waals surface area contributed by atoms with E-state index in [1.165, 1.54) is 7.11 Å². The second-order valence-electron chi connectivity index (χ2n) is 8.23. The number of esters is 1. The highest BCUT2D eigenvalue weighted by Gasteiger charge is 2.52. The van der Waals surface area contributed by atoms with E-state index in [-0.39, 0.29) is 5.97 Å². The van der Waals surface area contributed by atoms with Crippen LogP contribution in [-0.2, 0) is 33.9 Å². The summed E-state index contributed by atoms with van der Waals surface area (Å²) in [6.07, 6.45) is 7.41. The lowest BCUT2D eigenvalue weighted by atomic mass is 9.69. The maximum Gasteiger partial charge on any atom is 0.317 e. The summed E-state index contributed by atoms with van der Waals surface area (Å²) in [6, 6.07) is 7.74. The Morgan fingerprint density at radius 2 is 2.10 bits per heavy atom. The number of carbonyl (C=O) groups is 1. The van der Waals surface area contributed by atoms with Crippen LogP contribution in [0.15, 0.2) is 40.9 Å². The van der Waals surface area contributed by atoms with Crippen LogP contribution in [-0.4, -0.2) is 44.8 Å². The van der Waals surface area contributed by atoms with Gasteiger partial charge in [0.05, 0.1) is 36.9 Å². The molecule has 0 spiro atoms. The number of carbonyl (C=O) groups excluding carboxylic acids is 1. The lowest BCUT2D eigenvalue weighted by Crippen LogP contribution is -2.53. The van der Waals surface area contributed by atoms with E-state index < -0.39 is 16.8 Å². The average molecular weight is 428 g/mol. The smallest absolute Gasteiger partial charge is 0.317 e. The molecular formula is C23H29N3O3S. The Balaban J connectivity index is 1.65. The van der Waals surface area contributed by atoms with Crippen LogP contribution in [0.25, 0.3) is 6.08 Å². The standard InChI is InChI=1S/C23H29N3O3S/c1-4-5-11-26-21-13-19-10-12-25(30(28)20-8-6-17(2)7-9-20)16-23(19,22(27)29-3)14-18(21)15-24-26/h6-9,13,15H,4-5,10-12,14,16H2,1-3H3/t23-,30-/m0/s1. The summed E-state index contributed by atoms with van der Waals surface area (Å²) in [4.78, 5) is 13.8. The summed E-state index contributed by atoms with van der Waals surface area (Å²) in [7, 11) is 1.44. The predicted molar refractivity (Wildman–Crippen MR) is 117 cm³/mol. The molecule has 0 saturated carbocycles. The summed E-state index contributed by atoms with van der Waals surface area (Å²) in [5.74, 6) is -0.258. The molecule has 1 fully saturated rings. The van der Waals surface area contributed by atoms with Crippen molar-refractivity contribution in [3.63, 3.8) is 0 Å². The normalized spacial score (nSPS) is 22.1. The molecule has 30 heavy (non-hydrogen) atoms. The first kappa shape index (κ1) is 21.2. The SMILES string of the molecule is CCCCn1ncc2c1C=C1CCN([S@@+]([O-])c3ccc(C)cc3)C[C@@]1(C(=O)OC)C2. The van der Waals surface area contributed by atoms with Gasteiger partial charge in [-0.1, -0.05) is 31.0 Å². The monoisotopic (exact) mass is 427 g/mol. The topological polar surface area (TPSA) is 70.4 Å². The summed E-state index contributed by atoms with van der Waals surface area (Å²) >= 11 is -1.32. The Morgan fingerprint density at radius 3 is 2.80 bits per heavy atom.